The number of carbonyl (C=O) groups excluding carboxylic acids is 3. The Bertz CT molecular complexity index is 1340. The van der Waals surface area contributed by atoms with E-state index >= 15 is 0 Å². The molecule has 0 bridgehead atoms. The Balaban J connectivity index is 2.24. The number of aromatic nitrogens is 1. The van der Waals surface area contributed by atoms with Crippen molar-refractivity contribution in [1.29, 1.82) is 0 Å². The Morgan fingerprint density at radius 1 is 1.05 bits per heavy atom. The smallest absolute Gasteiger partial charge is 0.273 e. The number of anilines is 2. The number of hydrogen-bond donors (Lipinski definition) is 3. The van der Waals surface area contributed by atoms with Gasteiger partial charge in [0.05, 0.1) is 32.2 Å². The molecule has 1 aromatic heterocycles. The van der Waals surface area contributed by atoms with Gasteiger partial charge in [-0.3, -0.25) is 19.3 Å². The van der Waals surface area contributed by atoms with Crippen molar-refractivity contribution in [1.82, 2.24) is 9.69 Å². The first-order chi connectivity index (χ1) is 19.1. The van der Waals surface area contributed by atoms with Crippen LogP contribution in [-0.4, -0.2) is 49.5 Å². The lowest BCUT2D eigenvalue weighted by molar-refractivity contribution is -0.122. The van der Waals surface area contributed by atoms with Crippen LogP contribution in [0.2, 0.25) is 0 Å². The SMILES string of the molecule is CCOc1ccc(C(C(=O)NCCC(C)C)N(C(=O)c2snc(C(N)=O)c2N)c2ccc(OC)cc2OC)cc1. The van der Waals surface area contributed by atoms with Crippen LogP contribution >= 0.6 is 11.5 Å². The molecular formula is C28H35N5O6S. The van der Waals surface area contributed by atoms with E-state index in [1.165, 1.54) is 19.1 Å². The molecule has 0 aliphatic carbocycles. The van der Waals surface area contributed by atoms with Crippen molar-refractivity contribution in [2.24, 2.45) is 11.7 Å². The number of nitrogens with one attached hydrogen (secondary N) is 1. The Kier molecular flexibility index (Phi) is 10.3. The average molecular weight is 570 g/mol. The number of nitrogens with two attached hydrogens (primary N) is 2. The van der Waals surface area contributed by atoms with Gasteiger partial charge in [0.2, 0.25) is 5.91 Å². The molecule has 1 heterocycles. The van der Waals surface area contributed by atoms with Crippen molar-refractivity contribution in [3.05, 3.63) is 58.6 Å². The summed E-state index contributed by atoms with van der Waals surface area (Å²) in [5, 5.41) is 2.96. The third-order valence-electron chi connectivity index (χ3n) is 6.06. The fourth-order valence-corrected chi connectivity index (χ4v) is 4.74. The Morgan fingerprint density at radius 2 is 1.73 bits per heavy atom. The second-order valence-electron chi connectivity index (χ2n) is 9.23. The number of methoxy groups -OCH3 is 2. The highest BCUT2D eigenvalue weighted by Crippen LogP contribution is 2.40. The summed E-state index contributed by atoms with van der Waals surface area (Å²) in [6.07, 6.45) is 0.741. The molecule has 0 saturated heterocycles. The van der Waals surface area contributed by atoms with Crippen molar-refractivity contribution in [2.45, 2.75) is 33.2 Å². The lowest BCUT2D eigenvalue weighted by Crippen LogP contribution is -2.44. The van der Waals surface area contributed by atoms with Crippen LogP contribution in [0.4, 0.5) is 11.4 Å². The normalized spacial score (nSPS) is 11.6. The largest absolute Gasteiger partial charge is 0.497 e. The van der Waals surface area contributed by atoms with Crippen LogP contribution in [0.1, 0.15) is 59.0 Å². The van der Waals surface area contributed by atoms with Gasteiger partial charge in [-0.1, -0.05) is 26.0 Å². The van der Waals surface area contributed by atoms with Gasteiger partial charge in [-0.2, -0.15) is 4.37 Å². The highest BCUT2D eigenvalue weighted by atomic mass is 32.1. The van der Waals surface area contributed by atoms with Gasteiger partial charge in [0, 0.05) is 12.6 Å². The molecule has 0 aliphatic heterocycles. The number of nitrogens with zero attached hydrogens (tertiary/aromatic N) is 2. The summed E-state index contributed by atoms with van der Waals surface area (Å²) in [5.41, 5.74) is 12.0. The zero-order chi connectivity index (χ0) is 29.4. The molecule has 11 nitrogen and oxygen atoms in total. The maximum atomic E-state index is 14.3. The molecule has 0 radical (unpaired) electrons. The van der Waals surface area contributed by atoms with Gasteiger partial charge in [0.15, 0.2) is 5.69 Å². The number of ether oxygens (including phenoxy) is 3. The summed E-state index contributed by atoms with van der Waals surface area (Å²) in [6.45, 7) is 6.85. The third-order valence-corrected chi connectivity index (χ3v) is 6.91. The Hall–Kier alpha value is -4.32. The molecule has 3 amide bonds. The van der Waals surface area contributed by atoms with Crippen LogP contribution in [-0.2, 0) is 4.79 Å². The number of nitrogen functional groups attached to an aromatic ring is 1. The number of carbonyl (C=O) groups is 3. The molecule has 3 aromatic rings. The third kappa shape index (κ3) is 6.81. The van der Waals surface area contributed by atoms with E-state index in [0.29, 0.717) is 36.1 Å². The van der Waals surface area contributed by atoms with Crippen LogP contribution in [0.5, 0.6) is 17.2 Å². The topological polar surface area (TPSA) is 159 Å². The maximum Gasteiger partial charge on any atom is 0.273 e. The van der Waals surface area contributed by atoms with E-state index < -0.39 is 23.8 Å². The summed E-state index contributed by atoms with van der Waals surface area (Å²) in [6, 6.07) is 10.6. The minimum atomic E-state index is -1.16. The fraction of sp³-hybridized carbons (Fsp3) is 0.357. The van der Waals surface area contributed by atoms with Crippen molar-refractivity contribution < 1.29 is 28.6 Å². The van der Waals surface area contributed by atoms with Gasteiger partial charge in [-0.05, 0) is 60.6 Å². The maximum absolute atomic E-state index is 14.3. The Morgan fingerprint density at radius 3 is 2.27 bits per heavy atom. The highest BCUT2D eigenvalue weighted by molar-refractivity contribution is 7.09. The first kappa shape index (κ1) is 30.2. The van der Waals surface area contributed by atoms with Crippen molar-refractivity contribution in [2.75, 3.05) is 38.0 Å². The number of primary amides is 1. The monoisotopic (exact) mass is 569 g/mol. The number of rotatable bonds is 13. The molecule has 0 saturated carbocycles. The summed E-state index contributed by atoms with van der Waals surface area (Å²) < 4.78 is 20.5. The van der Waals surface area contributed by atoms with Gasteiger partial charge >= 0.3 is 0 Å². The van der Waals surface area contributed by atoms with Gasteiger partial charge in [0.1, 0.15) is 28.2 Å². The van der Waals surface area contributed by atoms with E-state index in [1.807, 2.05) is 6.92 Å². The van der Waals surface area contributed by atoms with Crippen molar-refractivity contribution >= 4 is 40.6 Å². The van der Waals surface area contributed by atoms with Crippen LogP contribution in [0, 0.1) is 5.92 Å². The number of hydrogen-bond acceptors (Lipinski definition) is 9. The second-order valence-corrected chi connectivity index (χ2v) is 10.0. The molecule has 1 atom stereocenters. The molecule has 1 unspecified atom stereocenters. The molecule has 0 fully saturated rings. The van der Waals surface area contributed by atoms with Gasteiger partial charge in [-0.15, -0.1) is 0 Å². The van der Waals surface area contributed by atoms with E-state index in [1.54, 1.807) is 42.5 Å². The molecule has 214 valence electrons. The molecular weight excluding hydrogens is 534 g/mol. The van der Waals surface area contributed by atoms with E-state index in [-0.39, 0.29) is 27.7 Å². The average Bonchev–Trinajstić information content (AvgIpc) is 3.33. The molecule has 0 aliphatic rings. The highest BCUT2D eigenvalue weighted by Gasteiger charge is 2.37. The minimum absolute atomic E-state index is 0.0439. The zero-order valence-corrected chi connectivity index (χ0v) is 24.0. The molecule has 2 aromatic carbocycles. The van der Waals surface area contributed by atoms with Gasteiger partial charge in [0.25, 0.3) is 11.8 Å². The number of amides is 3. The van der Waals surface area contributed by atoms with Crippen molar-refractivity contribution in [3.63, 3.8) is 0 Å². The van der Waals surface area contributed by atoms with Crippen LogP contribution in [0.15, 0.2) is 42.5 Å². The standard InChI is InChI=1S/C28H35N5O6S/c1-6-39-18-9-7-17(8-10-18)24(27(35)31-14-13-16(2)3)33(20-12-11-19(37-4)15-21(20)38-5)28(36)25-22(29)23(26(30)34)32-40-25/h7-12,15-16,24H,6,13-14,29H2,1-5H3,(H2,30,34)(H,31,35). The summed E-state index contributed by atoms with van der Waals surface area (Å²) in [5.74, 6) is -0.220. The summed E-state index contributed by atoms with van der Waals surface area (Å²) >= 11 is 0.728. The quantitative estimate of drug-likeness (QED) is 0.280. The minimum Gasteiger partial charge on any atom is -0.497 e. The fourth-order valence-electron chi connectivity index (χ4n) is 4.00. The van der Waals surface area contributed by atoms with E-state index in [2.05, 4.69) is 23.5 Å². The lowest BCUT2D eigenvalue weighted by atomic mass is 10.0. The molecule has 40 heavy (non-hydrogen) atoms. The summed E-state index contributed by atoms with van der Waals surface area (Å²) in [7, 11) is 2.95. The van der Waals surface area contributed by atoms with E-state index in [0.717, 1.165) is 18.0 Å². The van der Waals surface area contributed by atoms with Crippen LogP contribution < -0.4 is 35.9 Å². The Labute approximate surface area is 237 Å². The lowest BCUT2D eigenvalue weighted by Gasteiger charge is -2.32. The second kappa shape index (κ2) is 13.7. The predicted octanol–water partition coefficient (Wildman–Crippen LogP) is 3.79. The first-order valence-corrected chi connectivity index (χ1v) is 13.5. The van der Waals surface area contributed by atoms with Gasteiger partial charge < -0.3 is 31.0 Å². The molecule has 0 spiro atoms. The summed E-state index contributed by atoms with van der Waals surface area (Å²) in [4.78, 5) is 41.2. The number of benzene rings is 2. The zero-order valence-electron chi connectivity index (χ0n) is 23.2. The molecule has 3 rings (SSSR count). The van der Waals surface area contributed by atoms with Crippen LogP contribution in [0.25, 0.3) is 0 Å². The molecule has 5 N–H and O–H groups in total. The first-order valence-electron chi connectivity index (χ1n) is 12.7. The van der Waals surface area contributed by atoms with E-state index in [4.69, 9.17) is 25.7 Å². The van der Waals surface area contributed by atoms with Gasteiger partial charge in [-0.25, -0.2) is 0 Å². The predicted molar refractivity (Wildman–Crippen MR) is 154 cm³/mol. The van der Waals surface area contributed by atoms with Crippen LogP contribution in [0.3, 0.4) is 0 Å². The van der Waals surface area contributed by atoms with E-state index in [9.17, 15) is 14.4 Å². The van der Waals surface area contributed by atoms with Crippen molar-refractivity contribution in [3.8, 4) is 17.2 Å². The molecule has 12 heteroatoms.